The minimum absolute atomic E-state index is 0.0640. The summed E-state index contributed by atoms with van der Waals surface area (Å²) >= 11 is 0. The molecule has 1 amide bonds. The van der Waals surface area contributed by atoms with Gasteiger partial charge in [0, 0.05) is 51.8 Å². The number of anilines is 1. The highest BCUT2D eigenvalue weighted by Crippen LogP contribution is 2.41. The molecular formula is C25H21N3O6S. The van der Waals surface area contributed by atoms with Gasteiger partial charge in [0.25, 0.3) is 5.91 Å². The quantitative estimate of drug-likeness (QED) is 0.228. The van der Waals surface area contributed by atoms with Crippen molar-refractivity contribution in [1.29, 1.82) is 5.41 Å². The van der Waals surface area contributed by atoms with Gasteiger partial charge in [-0.3, -0.25) is 4.79 Å². The number of hydrogen-bond donors (Lipinski definition) is 4. The predicted octanol–water partition coefficient (Wildman–Crippen LogP) is 3.25. The minimum Gasteiger partial charge on any atom is -0.478 e. The lowest BCUT2D eigenvalue weighted by Crippen LogP contribution is -2.28. The monoisotopic (exact) mass is 491 g/mol. The van der Waals surface area contributed by atoms with Crippen LogP contribution in [0.15, 0.2) is 71.0 Å². The van der Waals surface area contributed by atoms with Crippen molar-refractivity contribution in [1.82, 2.24) is 5.32 Å². The van der Waals surface area contributed by atoms with E-state index in [-0.39, 0.29) is 28.8 Å². The second kappa shape index (κ2) is 9.07. The van der Waals surface area contributed by atoms with Gasteiger partial charge in [0.15, 0.2) is 9.84 Å². The molecule has 4 rings (SSSR count). The zero-order chi connectivity index (χ0) is 25.3. The maximum atomic E-state index is 12.6. The van der Waals surface area contributed by atoms with Crippen molar-refractivity contribution in [3.63, 3.8) is 0 Å². The Balaban J connectivity index is 1.85. The third-order valence-corrected chi connectivity index (χ3v) is 6.73. The molecule has 9 nitrogen and oxygen atoms in total. The third kappa shape index (κ3) is 4.78. The predicted molar refractivity (Wildman–Crippen MR) is 132 cm³/mol. The fraction of sp³-hybridized carbons (Fsp3) is 0.0800. The van der Waals surface area contributed by atoms with E-state index in [1.54, 1.807) is 30.3 Å². The van der Waals surface area contributed by atoms with Crippen molar-refractivity contribution in [3.05, 3.63) is 83.1 Å². The second-order valence-electron chi connectivity index (χ2n) is 7.80. The largest absolute Gasteiger partial charge is 0.478 e. The van der Waals surface area contributed by atoms with Crippen LogP contribution in [0.2, 0.25) is 0 Å². The average Bonchev–Trinajstić information content (AvgIpc) is 2.81. The van der Waals surface area contributed by atoms with Gasteiger partial charge >= 0.3 is 5.97 Å². The molecule has 2 aromatic carbocycles. The van der Waals surface area contributed by atoms with Gasteiger partial charge in [0.05, 0.1) is 16.7 Å². The first-order valence-electron chi connectivity index (χ1n) is 10.4. The number of sulfone groups is 1. The highest BCUT2D eigenvalue weighted by Gasteiger charge is 2.23. The first-order valence-corrected chi connectivity index (χ1v) is 12.1. The number of benzene rings is 3. The number of aromatic carboxylic acids is 1. The number of carboxylic acid groups (broad SMARTS) is 1. The standard InChI is InChI=1S/C25H21N3O6S/c1-2-35(32,33)10-9-28-24(29)14-3-6-17(20(11-14)25(30)31)23-18-7-4-15(26)12-21(18)34-22-13-16(27)5-8-19(22)23/h2-8,11-13,26H,1,9-10,27H2,(H,28,29)(H,30,31). The van der Waals surface area contributed by atoms with E-state index in [0.717, 1.165) is 5.41 Å². The molecule has 1 aliphatic carbocycles. The molecule has 35 heavy (non-hydrogen) atoms. The molecule has 0 aromatic heterocycles. The summed E-state index contributed by atoms with van der Waals surface area (Å²) in [6.07, 6.45) is 0. The van der Waals surface area contributed by atoms with Crippen molar-refractivity contribution in [2.24, 2.45) is 0 Å². The first-order chi connectivity index (χ1) is 16.6. The summed E-state index contributed by atoms with van der Waals surface area (Å²) in [5.74, 6) is -1.80. The Morgan fingerprint density at radius 1 is 1.09 bits per heavy atom. The van der Waals surface area contributed by atoms with Crippen LogP contribution in [0.4, 0.5) is 5.69 Å². The molecule has 2 aliphatic rings. The smallest absolute Gasteiger partial charge is 0.336 e. The molecule has 1 heterocycles. The molecule has 0 saturated heterocycles. The topological polar surface area (TPSA) is 164 Å². The number of carbonyl (C=O) groups excluding carboxylic acids is 1. The van der Waals surface area contributed by atoms with Gasteiger partial charge in [-0.1, -0.05) is 12.6 Å². The zero-order valence-electron chi connectivity index (χ0n) is 18.4. The Hall–Kier alpha value is -4.44. The summed E-state index contributed by atoms with van der Waals surface area (Å²) < 4.78 is 29.0. The van der Waals surface area contributed by atoms with Crippen LogP contribution in [0.5, 0.6) is 0 Å². The number of amides is 1. The summed E-state index contributed by atoms with van der Waals surface area (Å²) in [6, 6.07) is 14.0. The van der Waals surface area contributed by atoms with E-state index in [4.69, 9.17) is 15.6 Å². The lowest BCUT2D eigenvalue weighted by molar-refractivity contribution is 0.0697. The van der Waals surface area contributed by atoms with E-state index >= 15 is 0 Å². The summed E-state index contributed by atoms with van der Waals surface area (Å²) in [7, 11) is -3.49. The normalized spacial score (nSPS) is 11.4. The molecular weight excluding hydrogens is 470 g/mol. The van der Waals surface area contributed by atoms with E-state index in [0.29, 0.717) is 39.1 Å². The SMILES string of the molecule is C=CS(=O)(=O)CCNC(=O)c1ccc(-c2c3ccc(=N)cc-3oc3cc(N)ccc23)c(C(=O)O)c1. The lowest BCUT2D eigenvalue weighted by Gasteiger charge is -2.17. The summed E-state index contributed by atoms with van der Waals surface area (Å²) in [6.45, 7) is 3.07. The average molecular weight is 492 g/mol. The number of rotatable bonds is 7. The van der Waals surface area contributed by atoms with Gasteiger partial charge in [-0.25, -0.2) is 13.2 Å². The van der Waals surface area contributed by atoms with Gasteiger partial charge in [-0.15, -0.1) is 0 Å². The van der Waals surface area contributed by atoms with E-state index in [1.807, 2.05) is 0 Å². The fourth-order valence-electron chi connectivity index (χ4n) is 3.77. The Morgan fingerprint density at radius 3 is 2.54 bits per heavy atom. The Kier molecular flexibility index (Phi) is 6.14. The molecule has 0 spiro atoms. The van der Waals surface area contributed by atoms with Crippen LogP contribution in [-0.4, -0.2) is 37.7 Å². The number of carboxylic acids is 1. The highest BCUT2D eigenvalue weighted by molar-refractivity contribution is 7.94. The van der Waals surface area contributed by atoms with E-state index < -0.39 is 21.7 Å². The van der Waals surface area contributed by atoms with E-state index in [1.165, 1.54) is 24.3 Å². The maximum Gasteiger partial charge on any atom is 0.336 e. The zero-order valence-corrected chi connectivity index (χ0v) is 19.2. The van der Waals surface area contributed by atoms with Crippen LogP contribution >= 0.6 is 0 Å². The molecule has 0 saturated carbocycles. The van der Waals surface area contributed by atoms with Crippen molar-refractivity contribution in [3.8, 4) is 22.5 Å². The van der Waals surface area contributed by atoms with Gasteiger partial charge in [-0.2, -0.15) is 0 Å². The number of nitrogens with one attached hydrogen (secondary N) is 2. The highest BCUT2D eigenvalue weighted by atomic mass is 32.2. The molecule has 178 valence electrons. The van der Waals surface area contributed by atoms with Crippen LogP contribution in [0, 0.1) is 5.41 Å². The molecule has 0 fully saturated rings. The first kappa shape index (κ1) is 23.7. The Bertz CT molecular complexity index is 1640. The number of carbonyl (C=O) groups is 2. The number of fused-ring (bicyclic) bond motifs is 2. The molecule has 0 atom stereocenters. The van der Waals surface area contributed by atoms with Gasteiger partial charge < -0.3 is 26.0 Å². The number of nitrogens with two attached hydrogens (primary N) is 1. The van der Waals surface area contributed by atoms with E-state index in [9.17, 15) is 23.1 Å². The van der Waals surface area contributed by atoms with Crippen molar-refractivity contribution in [2.75, 3.05) is 18.0 Å². The number of hydrogen-bond acceptors (Lipinski definition) is 7. The van der Waals surface area contributed by atoms with Gasteiger partial charge in [0.1, 0.15) is 11.3 Å². The molecule has 0 unspecified atom stereocenters. The van der Waals surface area contributed by atoms with Crippen LogP contribution < -0.4 is 16.4 Å². The third-order valence-electron chi connectivity index (χ3n) is 5.45. The van der Waals surface area contributed by atoms with Gasteiger partial charge in [-0.05, 0) is 42.0 Å². The fourth-order valence-corrected chi connectivity index (χ4v) is 4.32. The van der Waals surface area contributed by atoms with Crippen LogP contribution in [0.1, 0.15) is 20.7 Å². The summed E-state index contributed by atoms with van der Waals surface area (Å²) in [4.78, 5) is 24.8. The maximum absolute atomic E-state index is 12.6. The van der Waals surface area contributed by atoms with Gasteiger partial charge in [0.2, 0.25) is 0 Å². The molecule has 0 radical (unpaired) electrons. The van der Waals surface area contributed by atoms with Crippen LogP contribution in [0.3, 0.4) is 0 Å². The lowest BCUT2D eigenvalue weighted by atomic mass is 9.89. The summed E-state index contributed by atoms with van der Waals surface area (Å²) in [5.41, 5.74) is 8.22. The summed E-state index contributed by atoms with van der Waals surface area (Å²) in [5, 5.41) is 22.0. The Labute approximate surface area is 200 Å². The van der Waals surface area contributed by atoms with Crippen molar-refractivity contribution >= 4 is 38.4 Å². The molecule has 5 N–H and O–H groups in total. The molecule has 10 heteroatoms. The van der Waals surface area contributed by atoms with Crippen LogP contribution in [-0.2, 0) is 9.84 Å². The Morgan fingerprint density at radius 2 is 1.83 bits per heavy atom. The van der Waals surface area contributed by atoms with Crippen LogP contribution in [0.25, 0.3) is 33.4 Å². The van der Waals surface area contributed by atoms with Crippen molar-refractivity contribution < 1.29 is 27.5 Å². The van der Waals surface area contributed by atoms with Crippen molar-refractivity contribution in [2.45, 2.75) is 0 Å². The number of nitrogen functional groups attached to an aromatic ring is 1. The molecule has 1 aliphatic heterocycles. The van der Waals surface area contributed by atoms with E-state index in [2.05, 4.69) is 11.9 Å². The second-order valence-corrected chi connectivity index (χ2v) is 9.87. The molecule has 0 bridgehead atoms. The minimum atomic E-state index is -3.49. The molecule has 2 aromatic rings.